The van der Waals surface area contributed by atoms with Crippen molar-refractivity contribution in [1.82, 2.24) is 4.57 Å². The van der Waals surface area contributed by atoms with Crippen LogP contribution >= 0.6 is 15.9 Å². The van der Waals surface area contributed by atoms with E-state index in [-0.39, 0.29) is 5.43 Å². The molecule has 0 N–H and O–H groups in total. The molecule has 3 rings (SSSR count). The molecule has 1 aliphatic carbocycles. The highest BCUT2D eigenvalue weighted by molar-refractivity contribution is 9.10. The van der Waals surface area contributed by atoms with E-state index in [1.807, 2.05) is 18.2 Å². The summed E-state index contributed by atoms with van der Waals surface area (Å²) >= 11 is 3.45. The Kier molecular flexibility index (Phi) is 2.58. The zero-order valence-corrected chi connectivity index (χ0v) is 11.4. The molecule has 2 aromatic rings. The number of halogens is 1. The fourth-order valence-electron chi connectivity index (χ4n) is 2.86. The molecule has 2 nitrogen and oxygen atoms in total. The van der Waals surface area contributed by atoms with Crippen LogP contribution in [0.3, 0.4) is 0 Å². The topological polar surface area (TPSA) is 22.0 Å². The average Bonchev–Trinajstić information content (AvgIpc) is 2.80. The second-order valence-corrected chi connectivity index (χ2v) is 5.43. The Bertz CT molecular complexity index is 657. The largest absolute Gasteiger partial charge is 0.344 e. The number of rotatable bonds is 1. The summed E-state index contributed by atoms with van der Waals surface area (Å²) in [6.07, 6.45) is 3.10. The minimum atomic E-state index is 0.235. The second kappa shape index (κ2) is 3.98. The van der Waals surface area contributed by atoms with Gasteiger partial charge in [0.05, 0.1) is 5.52 Å². The van der Waals surface area contributed by atoms with Crippen LogP contribution in [0.25, 0.3) is 10.9 Å². The van der Waals surface area contributed by atoms with E-state index < -0.39 is 0 Å². The zero-order chi connectivity index (χ0) is 12.0. The van der Waals surface area contributed by atoms with E-state index in [2.05, 4.69) is 27.4 Å². The molecule has 0 unspecified atom stereocenters. The van der Waals surface area contributed by atoms with E-state index in [1.165, 1.54) is 5.69 Å². The van der Waals surface area contributed by atoms with Crippen molar-refractivity contribution in [3.05, 3.63) is 44.2 Å². The molecule has 1 heterocycles. The van der Waals surface area contributed by atoms with Crippen molar-refractivity contribution in [1.29, 1.82) is 0 Å². The number of hydrogen-bond acceptors (Lipinski definition) is 1. The lowest BCUT2D eigenvalue weighted by atomic mass is 10.1. The number of aryl methyl sites for hydroxylation is 1. The number of benzene rings is 1. The first-order chi connectivity index (χ1) is 8.22. The van der Waals surface area contributed by atoms with Crippen LogP contribution in [0.1, 0.15) is 24.6 Å². The van der Waals surface area contributed by atoms with Crippen LogP contribution in [-0.4, -0.2) is 4.57 Å². The minimum Gasteiger partial charge on any atom is -0.344 e. The normalized spacial score (nSPS) is 14.2. The van der Waals surface area contributed by atoms with E-state index in [4.69, 9.17) is 0 Å². The first-order valence-corrected chi connectivity index (χ1v) is 6.85. The van der Waals surface area contributed by atoms with Crippen LogP contribution in [-0.2, 0) is 19.4 Å². The molecule has 0 spiro atoms. The highest BCUT2D eigenvalue weighted by Crippen LogP contribution is 2.25. The maximum Gasteiger partial charge on any atom is 0.192 e. The first kappa shape index (κ1) is 11.0. The summed E-state index contributed by atoms with van der Waals surface area (Å²) in [5, 5.41) is 0.849. The highest BCUT2D eigenvalue weighted by atomic mass is 79.9. The van der Waals surface area contributed by atoms with Gasteiger partial charge in [0.25, 0.3) is 0 Å². The monoisotopic (exact) mass is 291 g/mol. The number of pyridine rings is 1. The van der Waals surface area contributed by atoms with Gasteiger partial charge in [-0.1, -0.05) is 15.9 Å². The van der Waals surface area contributed by atoms with Crippen molar-refractivity contribution >= 4 is 26.8 Å². The average molecular weight is 292 g/mol. The number of hydrogen-bond donors (Lipinski definition) is 0. The lowest BCUT2D eigenvalue weighted by Gasteiger charge is -2.14. The first-order valence-electron chi connectivity index (χ1n) is 6.06. The van der Waals surface area contributed by atoms with Gasteiger partial charge in [0.1, 0.15) is 0 Å². The zero-order valence-electron chi connectivity index (χ0n) is 9.79. The van der Waals surface area contributed by atoms with Gasteiger partial charge in [-0.25, -0.2) is 0 Å². The van der Waals surface area contributed by atoms with Crippen LogP contribution in [0.15, 0.2) is 27.5 Å². The van der Waals surface area contributed by atoms with Crippen molar-refractivity contribution in [2.75, 3.05) is 0 Å². The molecule has 1 aromatic carbocycles. The van der Waals surface area contributed by atoms with Crippen LogP contribution in [0.2, 0.25) is 0 Å². The molecule has 0 amide bonds. The Hall–Kier alpha value is -1.09. The van der Waals surface area contributed by atoms with Gasteiger partial charge in [-0.15, -0.1) is 0 Å². The molecular formula is C14H14BrNO. The molecule has 3 heteroatoms. The molecule has 88 valence electrons. The summed E-state index contributed by atoms with van der Waals surface area (Å²) in [7, 11) is 0. The smallest absolute Gasteiger partial charge is 0.192 e. The third-order valence-electron chi connectivity index (χ3n) is 3.60. The molecule has 0 radical (unpaired) electrons. The molecule has 1 aliphatic rings. The summed E-state index contributed by atoms with van der Waals surface area (Å²) in [6.45, 7) is 3.07. The maximum atomic E-state index is 12.4. The van der Waals surface area contributed by atoms with Crippen molar-refractivity contribution in [2.45, 2.75) is 32.7 Å². The Morgan fingerprint density at radius 1 is 1.35 bits per heavy atom. The van der Waals surface area contributed by atoms with Gasteiger partial charge in [0, 0.05) is 27.7 Å². The Balaban J connectivity index is 2.51. The van der Waals surface area contributed by atoms with Gasteiger partial charge >= 0.3 is 0 Å². The Morgan fingerprint density at radius 3 is 2.94 bits per heavy atom. The van der Waals surface area contributed by atoms with E-state index in [9.17, 15) is 4.79 Å². The van der Waals surface area contributed by atoms with Crippen LogP contribution in [0.4, 0.5) is 0 Å². The third-order valence-corrected chi connectivity index (χ3v) is 4.09. The quantitative estimate of drug-likeness (QED) is 0.790. The van der Waals surface area contributed by atoms with Crippen LogP contribution in [0.5, 0.6) is 0 Å². The van der Waals surface area contributed by atoms with Gasteiger partial charge in [-0.2, -0.15) is 0 Å². The molecule has 0 saturated carbocycles. The molecule has 0 fully saturated rings. The van der Waals surface area contributed by atoms with Crippen LogP contribution < -0.4 is 5.43 Å². The summed E-state index contributed by atoms with van der Waals surface area (Å²) in [5.41, 5.74) is 3.60. The van der Waals surface area contributed by atoms with Crippen molar-refractivity contribution in [3.63, 3.8) is 0 Å². The standard InChI is InChI=1S/C14H14BrNO/c1-2-16-12-5-3-4-10(12)14(17)11-8-9(15)6-7-13(11)16/h6-8H,2-5H2,1H3. The number of aromatic nitrogens is 1. The number of fused-ring (bicyclic) bond motifs is 2. The van der Waals surface area contributed by atoms with Gasteiger partial charge < -0.3 is 4.57 Å². The molecule has 0 saturated heterocycles. The van der Waals surface area contributed by atoms with Crippen molar-refractivity contribution < 1.29 is 0 Å². The highest BCUT2D eigenvalue weighted by Gasteiger charge is 2.20. The van der Waals surface area contributed by atoms with E-state index in [0.717, 1.165) is 46.7 Å². The molecule has 0 aliphatic heterocycles. The van der Waals surface area contributed by atoms with Gasteiger partial charge in [-0.05, 0) is 44.4 Å². The van der Waals surface area contributed by atoms with Gasteiger partial charge in [0.15, 0.2) is 5.43 Å². The summed E-state index contributed by atoms with van der Waals surface area (Å²) in [5.74, 6) is 0. The lowest BCUT2D eigenvalue weighted by molar-refractivity contribution is 0.733. The lowest BCUT2D eigenvalue weighted by Crippen LogP contribution is -2.16. The molecule has 1 aromatic heterocycles. The predicted molar refractivity (Wildman–Crippen MR) is 73.6 cm³/mol. The fourth-order valence-corrected chi connectivity index (χ4v) is 3.23. The van der Waals surface area contributed by atoms with Gasteiger partial charge in [0.2, 0.25) is 0 Å². The Labute approximate surface area is 108 Å². The Morgan fingerprint density at radius 2 is 2.18 bits per heavy atom. The summed E-state index contributed by atoms with van der Waals surface area (Å²) < 4.78 is 3.27. The van der Waals surface area contributed by atoms with Crippen molar-refractivity contribution in [3.8, 4) is 0 Å². The third kappa shape index (κ3) is 1.56. The van der Waals surface area contributed by atoms with E-state index in [1.54, 1.807) is 0 Å². The molecule has 0 atom stereocenters. The second-order valence-electron chi connectivity index (χ2n) is 4.51. The fraction of sp³-hybridized carbons (Fsp3) is 0.357. The van der Waals surface area contributed by atoms with E-state index >= 15 is 0 Å². The molecule has 0 bridgehead atoms. The summed E-state index contributed by atoms with van der Waals surface area (Å²) in [6, 6.07) is 6.00. The van der Waals surface area contributed by atoms with Gasteiger partial charge in [-0.3, -0.25) is 4.79 Å². The maximum absolute atomic E-state index is 12.4. The van der Waals surface area contributed by atoms with Crippen molar-refractivity contribution in [2.24, 2.45) is 0 Å². The summed E-state index contributed by atoms with van der Waals surface area (Å²) in [4.78, 5) is 12.4. The minimum absolute atomic E-state index is 0.235. The predicted octanol–water partition coefficient (Wildman–Crippen LogP) is 3.27. The number of nitrogens with zero attached hydrogens (tertiary/aromatic N) is 1. The van der Waals surface area contributed by atoms with E-state index in [0.29, 0.717) is 0 Å². The SMILES string of the molecule is CCn1c2c(c(=O)c3cc(Br)ccc31)CCC2. The molecule has 17 heavy (non-hydrogen) atoms. The molecular weight excluding hydrogens is 278 g/mol. The van der Waals surface area contributed by atoms with Crippen LogP contribution in [0, 0.1) is 0 Å².